The third kappa shape index (κ3) is 5.42. The third-order valence-corrected chi connectivity index (χ3v) is 3.79. The molecule has 0 spiro atoms. The first-order valence-corrected chi connectivity index (χ1v) is 6.69. The summed E-state index contributed by atoms with van der Waals surface area (Å²) in [6, 6.07) is 2.11. The van der Waals surface area contributed by atoms with E-state index in [9.17, 15) is 0 Å². The number of thioether (sulfide) groups is 1. The first-order valence-electron chi connectivity index (χ1n) is 4.97. The number of ether oxygens (including phenoxy) is 1. The average molecular weight is 245 g/mol. The first-order chi connectivity index (χ1) is 7.36. The van der Waals surface area contributed by atoms with Crippen LogP contribution >= 0.6 is 23.9 Å². The summed E-state index contributed by atoms with van der Waals surface area (Å²) >= 11 is 2.90. The van der Waals surface area contributed by atoms with Crippen molar-refractivity contribution in [3.05, 3.63) is 0 Å². The second-order valence-corrected chi connectivity index (χ2v) is 4.93. The molecule has 1 heterocycles. The summed E-state index contributed by atoms with van der Waals surface area (Å²) in [6.07, 6.45) is 1.06. The van der Waals surface area contributed by atoms with Crippen molar-refractivity contribution < 1.29 is 4.74 Å². The molecule has 0 aliphatic carbocycles. The number of hydrogen-bond acceptors (Lipinski definition) is 6. The topological polar surface area (TPSA) is 48.6 Å². The van der Waals surface area contributed by atoms with Crippen LogP contribution in [0.25, 0.3) is 0 Å². The molecule has 0 aromatic rings. The van der Waals surface area contributed by atoms with Crippen LogP contribution in [0.5, 0.6) is 0 Å². The number of morpholine rings is 1. The molecule has 0 N–H and O–H groups in total. The van der Waals surface area contributed by atoms with E-state index in [2.05, 4.69) is 21.7 Å². The Morgan fingerprint density at radius 3 is 2.87 bits per heavy atom. The Kier molecular flexibility index (Phi) is 6.85. The lowest BCUT2D eigenvalue weighted by Crippen LogP contribution is -2.30. The summed E-state index contributed by atoms with van der Waals surface area (Å²) in [5, 5.41) is 9.39. The molecule has 0 atom stereocenters. The number of hydrogen-bond donors (Lipinski definition) is 0. The minimum atomic E-state index is 0.563. The summed E-state index contributed by atoms with van der Waals surface area (Å²) in [5.74, 6) is 0.954. The fraction of sp³-hybridized carbons (Fsp3) is 0.778. The van der Waals surface area contributed by atoms with Gasteiger partial charge >= 0.3 is 0 Å². The Hall–Kier alpha value is -0.220. The van der Waals surface area contributed by atoms with E-state index in [1.165, 1.54) is 23.9 Å². The van der Waals surface area contributed by atoms with Gasteiger partial charge in [-0.25, -0.2) is 4.31 Å². The molecule has 0 radical (unpaired) electrons. The quantitative estimate of drug-likeness (QED) is 0.430. The minimum absolute atomic E-state index is 0.563. The molecule has 84 valence electrons. The first kappa shape index (κ1) is 12.8. The molecule has 4 nitrogen and oxygen atoms in total. The van der Waals surface area contributed by atoms with Crippen molar-refractivity contribution in [1.82, 2.24) is 4.31 Å². The zero-order valence-electron chi connectivity index (χ0n) is 8.81. The van der Waals surface area contributed by atoms with Gasteiger partial charge in [0.2, 0.25) is 0 Å². The van der Waals surface area contributed by atoms with Crippen LogP contribution in [0, 0.1) is 11.3 Å². The van der Waals surface area contributed by atoms with E-state index >= 15 is 0 Å². The van der Waals surface area contributed by atoms with Gasteiger partial charge in [-0.3, -0.25) is 0 Å². The van der Waals surface area contributed by atoms with Gasteiger partial charge in [0.05, 0.1) is 25.3 Å². The Morgan fingerprint density at radius 1 is 1.53 bits per heavy atom. The van der Waals surface area contributed by atoms with Crippen LogP contribution in [0.2, 0.25) is 0 Å². The van der Waals surface area contributed by atoms with Crippen LogP contribution in [-0.4, -0.2) is 41.4 Å². The molecule has 15 heavy (non-hydrogen) atoms. The molecular weight excluding hydrogens is 230 g/mol. The summed E-state index contributed by atoms with van der Waals surface area (Å²) < 4.78 is 11.6. The van der Waals surface area contributed by atoms with Crippen molar-refractivity contribution in [2.75, 3.05) is 32.1 Å². The van der Waals surface area contributed by atoms with Crippen molar-refractivity contribution in [3.8, 4) is 6.07 Å². The predicted octanol–water partition coefficient (Wildman–Crippen LogP) is 1.95. The van der Waals surface area contributed by atoms with Crippen molar-refractivity contribution in [1.29, 1.82) is 5.26 Å². The Labute approximate surface area is 99.3 Å². The van der Waals surface area contributed by atoms with E-state index in [-0.39, 0.29) is 0 Å². The number of nitriles is 1. The van der Waals surface area contributed by atoms with Crippen LogP contribution in [-0.2, 0) is 4.74 Å². The molecule has 1 fully saturated rings. The Morgan fingerprint density at radius 2 is 2.27 bits per heavy atom. The molecule has 1 aliphatic rings. The molecule has 0 saturated carbocycles. The molecule has 1 aliphatic heterocycles. The molecule has 0 amide bonds. The fourth-order valence-electron chi connectivity index (χ4n) is 1.00. The van der Waals surface area contributed by atoms with Gasteiger partial charge in [0.1, 0.15) is 6.07 Å². The number of nitrogens with zero attached hydrogens (tertiary/aromatic N) is 3. The van der Waals surface area contributed by atoms with Gasteiger partial charge in [-0.2, -0.15) is 9.66 Å². The zero-order chi connectivity index (χ0) is 10.9. The molecule has 0 unspecified atom stereocenters. The van der Waals surface area contributed by atoms with Gasteiger partial charge in [0.25, 0.3) is 0 Å². The van der Waals surface area contributed by atoms with E-state index in [1.807, 2.05) is 0 Å². The molecule has 0 bridgehead atoms. The van der Waals surface area contributed by atoms with Crippen molar-refractivity contribution in [2.24, 2.45) is 4.40 Å². The third-order valence-electron chi connectivity index (χ3n) is 1.75. The summed E-state index contributed by atoms with van der Waals surface area (Å²) in [7, 11) is 0. The van der Waals surface area contributed by atoms with E-state index in [0.717, 1.165) is 38.5 Å². The summed E-state index contributed by atoms with van der Waals surface area (Å²) in [5.41, 5.74) is 0. The van der Waals surface area contributed by atoms with E-state index < -0.39 is 0 Å². The Balaban J connectivity index is 2.29. The van der Waals surface area contributed by atoms with Crippen LogP contribution in [0.4, 0.5) is 0 Å². The average Bonchev–Trinajstić information content (AvgIpc) is 2.31. The highest BCUT2D eigenvalue weighted by atomic mass is 32.2. The van der Waals surface area contributed by atoms with E-state index in [4.69, 9.17) is 10.00 Å². The van der Waals surface area contributed by atoms with Gasteiger partial charge in [-0.05, 0) is 12.2 Å². The van der Waals surface area contributed by atoms with Crippen molar-refractivity contribution in [2.45, 2.75) is 13.3 Å². The van der Waals surface area contributed by atoms with Crippen LogP contribution in [0.15, 0.2) is 4.40 Å². The molecule has 0 aromatic heterocycles. The maximum atomic E-state index is 8.82. The van der Waals surface area contributed by atoms with Crippen LogP contribution in [0.1, 0.15) is 13.3 Å². The second kappa shape index (κ2) is 7.99. The summed E-state index contributed by atoms with van der Waals surface area (Å²) in [6.45, 7) is 5.37. The van der Waals surface area contributed by atoms with Crippen molar-refractivity contribution >= 4 is 28.9 Å². The second-order valence-electron chi connectivity index (χ2n) is 2.98. The normalized spacial score (nSPS) is 18.8. The van der Waals surface area contributed by atoms with E-state index in [0.29, 0.717) is 5.04 Å². The summed E-state index contributed by atoms with van der Waals surface area (Å²) in [4.78, 5) is 0. The van der Waals surface area contributed by atoms with Gasteiger partial charge in [0, 0.05) is 13.1 Å². The molecular formula is C9H15N3OS2. The highest BCUT2D eigenvalue weighted by Crippen LogP contribution is 2.16. The lowest BCUT2D eigenvalue weighted by Gasteiger charge is -2.22. The SMILES string of the molecule is CCCS/C(C#N)=N/SN1CCOCC1. The molecule has 6 heteroatoms. The van der Waals surface area contributed by atoms with Gasteiger partial charge in [0.15, 0.2) is 5.04 Å². The lowest BCUT2D eigenvalue weighted by molar-refractivity contribution is 0.0773. The predicted molar refractivity (Wildman–Crippen MR) is 65.8 cm³/mol. The van der Waals surface area contributed by atoms with Gasteiger partial charge < -0.3 is 4.74 Å². The smallest absolute Gasteiger partial charge is 0.183 e. The van der Waals surface area contributed by atoms with Crippen LogP contribution in [0.3, 0.4) is 0 Å². The van der Waals surface area contributed by atoms with Gasteiger partial charge in [-0.1, -0.05) is 18.7 Å². The van der Waals surface area contributed by atoms with Crippen molar-refractivity contribution in [3.63, 3.8) is 0 Å². The van der Waals surface area contributed by atoms with E-state index in [1.54, 1.807) is 0 Å². The molecule has 1 saturated heterocycles. The highest BCUT2D eigenvalue weighted by Gasteiger charge is 2.10. The lowest BCUT2D eigenvalue weighted by atomic mass is 10.5. The minimum Gasteiger partial charge on any atom is -0.379 e. The maximum Gasteiger partial charge on any atom is 0.183 e. The Bertz CT molecular complexity index is 246. The maximum absolute atomic E-state index is 8.82. The van der Waals surface area contributed by atoms with Gasteiger partial charge in [-0.15, -0.1) is 0 Å². The fourth-order valence-corrected chi connectivity index (χ4v) is 2.32. The monoisotopic (exact) mass is 245 g/mol. The molecule has 0 aromatic carbocycles. The molecule has 1 rings (SSSR count). The standard InChI is InChI=1S/C9H15N3OS2/c1-2-7-14-9(8-10)11-15-12-3-5-13-6-4-12/h2-7H2,1H3/b11-9+. The highest BCUT2D eigenvalue weighted by molar-refractivity contribution is 8.15. The number of rotatable bonds is 4. The largest absolute Gasteiger partial charge is 0.379 e. The zero-order valence-corrected chi connectivity index (χ0v) is 10.4. The van der Waals surface area contributed by atoms with Crippen LogP contribution < -0.4 is 0 Å².